The minimum atomic E-state index is -1.03. The third kappa shape index (κ3) is 4.67. The lowest BCUT2D eigenvalue weighted by Crippen LogP contribution is -2.40. The molecule has 3 rings (SSSR count). The van der Waals surface area contributed by atoms with Gasteiger partial charge in [-0.3, -0.25) is 4.79 Å². The van der Waals surface area contributed by atoms with Crippen LogP contribution in [-0.2, 0) is 19.0 Å². The summed E-state index contributed by atoms with van der Waals surface area (Å²) in [5.74, 6) is -0.809. The van der Waals surface area contributed by atoms with Gasteiger partial charge in [-0.25, -0.2) is 0 Å². The van der Waals surface area contributed by atoms with Crippen molar-refractivity contribution in [2.75, 3.05) is 0 Å². The lowest BCUT2D eigenvalue weighted by atomic mass is 9.74. The summed E-state index contributed by atoms with van der Waals surface area (Å²) in [5, 5.41) is 20.8. The maximum Gasteiger partial charge on any atom is 0.303 e. The molecule has 0 bridgehead atoms. The normalized spacial score (nSPS) is 35.8. The zero-order valence-electron chi connectivity index (χ0n) is 17.2. The van der Waals surface area contributed by atoms with Crippen LogP contribution in [0.2, 0.25) is 0 Å². The van der Waals surface area contributed by atoms with E-state index in [-0.39, 0.29) is 29.5 Å². The van der Waals surface area contributed by atoms with Crippen LogP contribution in [0.1, 0.15) is 53.4 Å². The molecule has 0 saturated carbocycles. The molecular weight excluding hydrogens is 360 g/mol. The van der Waals surface area contributed by atoms with Crippen LogP contribution in [0.4, 0.5) is 0 Å². The molecule has 6 heteroatoms. The van der Waals surface area contributed by atoms with Crippen molar-refractivity contribution in [1.82, 2.24) is 0 Å². The lowest BCUT2D eigenvalue weighted by Gasteiger charge is -2.39. The second kappa shape index (κ2) is 8.01. The number of esters is 1. The molecule has 3 aliphatic rings. The number of epoxide rings is 1. The zero-order chi connectivity index (χ0) is 20.6. The summed E-state index contributed by atoms with van der Waals surface area (Å²) >= 11 is 0. The Bertz CT molecular complexity index is 691. The molecule has 0 aromatic rings. The number of carbonyl (C=O) groups excluding carboxylic acids is 1. The first kappa shape index (κ1) is 21.1. The van der Waals surface area contributed by atoms with Crippen LogP contribution in [0, 0.1) is 11.8 Å². The van der Waals surface area contributed by atoms with E-state index in [1.807, 2.05) is 26.8 Å². The first-order chi connectivity index (χ1) is 13.1. The van der Waals surface area contributed by atoms with Crippen LogP contribution in [0.25, 0.3) is 0 Å². The van der Waals surface area contributed by atoms with Crippen LogP contribution in [0.15, 0.2) is 35.6 Å². The monoisotopic (exact) mass is 392 g/mol. The molecule has 0 spiro atoms. The fraction of sp³-hybridized carbons (Fsp3) is 0.682. The summed E-state index contributed by atoms with van der Waals surface area (Å²) in [6, 6.07) is 0. The second-order valence-corrected chi connectivity index (χ2v) is 8.80. The Morgan fingerprint density at radius 1 is 1.43 bits per heavy atom. The molecule has 0 radical (unpaired) electrons. The Balaban J connectivity index is 1.90. The maximum atomic E-state index is 11.8. The smallest absolute Gasteiger partial charge is 0.303 e. The average molecular weight is 392 g/mol. The topological polar surface area (TPSA) is 88.5 Å². The van der Waals surface area contributed by atoms with Crippen LogP contribution in [0.5, 0.6) is 0 Å². The van der Waals surface area contributed by atoms with E-state index in [9.17, 15) is 15.0 Å². The van der Waals surface area contributed by atoms with E-state index in [1.54, 1.807) is 6.26 Å². The lowest BCUT2D eigenvalue weighted by molar-refractivity contribution is -0.147. The number of aliphatic hydroxyl groups excluding tert-OH is 2. The van der Waals surface area contributed by atoms with E-state index in [0.29, 0.717) is 12.8 Å². The zero-order valence-corrected chi connectivity index (χ0v) is 17.2. The number of ether oxygens (including phenoxy) is 3. The van der Waals surface area contributed by atoms with Crippen molar-refractivity contribution >= 4 is 5.97 Å². The summed E-state index contributed by atoms with van der Waals surface area (Å²) in [7, 11) is 0. The molecule has 28 heavy (non-hydrogen) atoms. The molecule has 156 valence electrons. The molecule has 2 N–H and O–H groups in total. The number of aliphatic hydroxyl groups is 2. The Labute approximate surface area is 166 Å². The van der Waals surface area contributed by atoms with E-state index >= 15 is 0 Å². The molecule has 0 aromatic heterocycles. The first-order valence-electron chi connectivity index (χ1n) is 10.00. The van der Waals surface area contributed by atoms with E-state index < -0.39 is 18.5 Å². The second-order valence-electron chi connectivity index (χ2n) is 8.80. The van der Waals surface area contributed by atoms with Gasteiger partial charge in [0.1, 0.15) is 6.10 Å². The number of fused-ring (bicyclic) bond motifs is 1. The van der Waals surface area contributed by atoms with Crippen molar-refractivity contribution in [2.45, 2.75) is 83.6 Å². The minimum Gasteiger partial charge on any atom is -0.472 e. The molecule has 6 nitrogen and oxygen atoms in total. The Hall–Kier alpha value is -1.63. The molecular formula is C22H32O6. The van der Waals surface area contributed by atoms with Gasteiger partial charge < -0.3 is 24.4 Å². The van der Waals surface area contributed by atoms with E-state index in [2.05, 4.69) is 6.58 Å². The highest BCUT2D eigenvalue weighted by Gasteiger charge is 2.51. The third-order valence-electron chi connectivity index (χ3n) is 6.05. The summed E-state index contributed by atoms with van der Waals surface area (Å²) < 4.78 is 16.9. The predicted octanol–water partition coefficient (Wildman–Crippen LogP) is 3.00. The van der Waals surface area contributed by atoms with E-state index in [1.165, 1.54) is 6.92 Å². The quantitative estimate of drug-likeness (QED) is 0.434. The highest BCUT2D eigenvalue weighted by Crippen LogP contribution is 2.45. The van der Waals surface area contributed by atoms with Crippen LogP contribution in [0.3, 0.4) is 0 Å². The number of carbonyl (C=O) groups is 1. The molecule has 1 saturated heterocycles. The SMILES string of the molecule is C=C1CC(O)C=C(C)CCC2C(C(CC3OC3(C)C)OC(C)=O)=COC(O)C12. The summed E-state index contributed by atoms with van der Waals surface area (Å²) in [6.07, 6.45) is 3.70. The van der Waals surface area contributed by atoms with Crippen molar-refractivity contribution in [1.29, 1.82) is 0 Å². The number of rotatable bonds is 4. The Morgan fingerprint density at radius 3 is 2.71 bits per heavy atom. The van der Waals surface area contributed by atoms with Crippen LogP contribution in [-0.4, -0.2) is 46.4 Å². The van der Waals surface area contributed by atoms with Gasteiger partial charge in [-0.05, 0) is 46.0 Å². The molecule has 1 fully saturated rings. The average Bonchev–Trinajstić information content (AvgIpc) is 3.15. The van der Waals surface area contributed by atoms with Crippen LogP contribution >= 0.6 is 0 Å². The third-order valence-corrected chi connectivity index (χ3v) is 6.05. The van der Waals surface area contributed by atoms with E-state index in [0.717, 1.165) is 29.6 Å². The van der Waals surface area contributed by atoms with Gasteiger partial charge in [0.15, 0.2) is 0 Å². The van der Waals surface area contributed by atoms with Gasteiger partial charge in [-0.2, -0.15) is 0 Å². The fourth-order valence-corrected chi connectivity index (χ4v) is 4.44. The maximum absolute atomic E-state index is 11.8. The molecule has 0 aromatic carbocycles. The van der Waals surface area contributed by atoms with Gasteiger partial charge in [0.25, 0.3) is 0 Å². The first-order valence-corrected chi connectivity index (χ1v) is 10.00. The van der Waals surface area contributed by atoms with Gasteiger partial charge in [0.2, 0.25) is 6.29 Å². The van der Waals surface area contributed by atoms with Crippen molar-refractivity contribution in [3.63, 3.8) is 0 Å². The molecule has 6 atom stereocenters. The molecule has 6 unspecified atom stereocenters. The summed E-state index contributed by atoms with van der Waals surface area (Å²) in [5.41, 5.74) is 2.46. The Morgan fingerprint density at radius 2 is 2.11 bits per heavy atom. The Kier molecular flexibility index (Phi) is 6.03. The molecule has 2 aliphatic heterocycles. The fourth-order valence-electron chi connectivity index (χ4n) is 4.44. The van der Waals surface area contributed by atoms with Gasteiger partial charge in [-0.1, -0.05) is 23.8 Å². The highest BCUT2D eigenvalue weighted by atomic mass is 16.6. The predicted molar refractivity (Wildman–Crippen MR) is 104 cm³/mol. The van der Waals surface area contributed by atoms with Gasteiger partial charge >= 0.3 is 5.97 Å². The number of hydrogen-bond donors (Lipinski definition) is 2. The van der Waals surface area contributed by atoms with E-state index in [4.69, 9.17) is 14.2 Å². The van der Waals surface area contributed by atoms with Crippen molar-refractivity contribution in [3.05, 3.63) is 35.6 Å². The van der Waals surface area contributed by atoms with Gasteiger partial charge in [0, 0.05) is 24.8 Å². The van der Waals surface area contributed by atoms with Crippen LogP contribution < -0.4 is 0 Å². The van der Waals surface area contributed by atoms with Crippen molar-refractivity contribution < 1.29 is 29.2 Å². The van der Waals surface area contributed by atoms with Crippen molar-refractivity contribution in [3.8, 4) is 0 Å². The molecule has 0 amide bonds. The minimum absolute atomic E-state index is 0.00559. The van der Waals surface area contributed by atoms with Gasteiger partial charge in [-0.15, -0.1) is 0 Å². The number of hydrogen-bond acceptors (Lipinski definition) is 6. The summed E-state index contributed by atoms with van der Waals surface area (Å²) in [4.78, 5) is 11.8. The molecule has 1 aliphatic carbocycles. The standard InChI is InChI=1S/C22H32O6/c1-12-6-7-16-17(18(27-14(3)23)10-19-22(4,5)28-19)11-26-21(25)20(16)13(2)9-15(24)8-12/h8,11,15-16,18-21,24-25H,2,6-7,9-10H2,1,3-5H3. The molecule has 2 heterocycles. The van der Waals surface area contributed by atoms with Crippen molar-refractivity contribution in [2.24, 2.45) is 11.8 Å². The highest BCUT2D eigenvalue weighted by molar-refractivity contribution is 5.66. The van der Waals surface area contributed by atoms with Gasteiger partial charge in [0.05, 0.1) is 24.1 Å². The largest absolute Gasteiger partial charge is 0.472 e. The summed E-state index contributed by atoms with van der Waals surface area (Å²) in [6.45, 7) is 11.5. The number of allylic oxidation sites excluding steroid dienone is 1.